The van der Waals surface area contributed by atoms with E-state index in [0.717, 1.165) is 5.56 Å². The van der Waals surface area contributed by atoms with Gasteiger partial charge in [-0.2, -0.15) is 0 Å². The number of para-hydroxylation sites is 1. The Morgan fingerprint density at radius 1 is 1.00 bits per heavy atom. The number of ketones is 1. The zero-order valence-electron chi connectivity index (χ0n) is 18.9. The lowest BCUT2D eigenvalue weighted by Gasteiger charge is -2.36. The van der Waals surface area contributed by atoms with Crippen LogP contribution in [-0.4, -0.2) is 51.0 Å². The number of ether oxygens (including phenoxy) is 3. The molecule has 0 aromatic heterocycles. The fourth-order valence-electron chi connectivity index (χ4n) is 3.87. The van der Waals surface area contributed by atoms with Crippen LogP contribution in [0, 0.1) is 0 Å². The molecule has 0 saturated carbocycles. The number of benzene rings is 2. The van der Waals surface area contributed by atoms with Gasteiger partial charge in [0.15, 0.2) is 11.5 Å². The highest BCUT2D eigenvalue weighted by Gasteiger charge is 2.39. The van der Waals surface area contributed by atoms with Crippen molar-refractivity contribution in [2.45, 2.75) is 38.8 Å². The van der Waals surface area contributed by atoms with Crippen LogP contribution in [0.4, 0.5) is 5.69 Å². The maximum atomic E-state index is 13.5. The van der Waals surface area contributed by atoms with Crippen molar-refractivity contribution < 1.29 is 28.6 Å². The molecule has 1 unspecified atom stereocenters. The van der Waals surface area contributed by atoms with Crippen LogP contribution in [-0.2, 0) is 16.0 Å². The average Bonchev–Trinajstić information content (AvgIpc) is 2.80. The molecule has 0 saturated heterocycles. The number of hydrogen-bond acceptors (Lipinski definition) is 6. The number of rotatable bonds is 7. The summed E-state index contributed by atoms with van der Waals surface area (Å²) in [5.41, 5.74) is 1.55. The van der Waals surface area contributed by atoms with E-state index in [2.05, 4.69) is 5.32 Å². The molecular weight excluding hydrogens is 412 g/mol. The number of anilines is 1. The summed E-state index contributed by atoms with van der Waals surface area (Å²) in [4.78, 5) is 41.0. The van der Waals surface area contributed by atoms with Gasteiger partial charge < -0.3 is 19.5 Å². The van der Waals surface area contributed by atoms with E-state index in [1.807, 2.05) is 26.0 Å². The molecule has 1 atom stereocenters. The fourth-order valence-corrected chi connectivity index (χ4v) is 3.87. The zero-order chi connectivity index (χ0) is 23.4. The van der Waals surface area contributed by atoms with Crippen molar-refractivity contribution in [3.05, 3.63) is 47.5 Å². The lowest BCUT2D eigenvalue weighted by atomic mass is 9.94. The normalized spacial score (nSPS) is 15.1. The molecule has 1 aliphatic heterocycles. The number of carbonyl (C=O) groups excluding carboxylic acids is 3. The van der Waals surface area contributed by atoms with Gasteiger partial charge in [-0.3, -0.25) is 19.3 Å². The molecule has 1 aliphatic rings. The first-order valence-electron chi connectivity index (χ1n) is 10.4. The lowest BCUT2D eigenvalue weighted by molar-refractivity contribution is -0.125. The topological polar surface area (TPSA) is 94.2 Å². The Morgan fingerprint density at radius 2 is 1.62 bits per heavy atom. The predicted octanol–water partition coefficient (Wildman–Crippen LogP) is 2.77. The van der Waals surface area contributed by atoms with Gasteiger partial charge >= 0.3 is 0 Å². The van der Waals surface area contributed by atoms with Crippen molar-refractivity contribution in [3.63, 3.8) is 0 Å². The number of carbonyl (C=O) groups is 3. The number of aryl methyl sites for hydroxylation is 1. The minimum atomic E-state index is -0.796. The molecule has 2 amide bonds. The minimum Gasteiger partial charge on any atom is -0.493 e. The van der Waals surface area contributed by atoms with Crippen molar-refractivity contribution in [1.29, 1.82) is 0 Å². The van der Waals surface area contributed by atoms with E-state index in [4.69, 9.17) is 14.2 Å². The molecule has 3 rings (SSSR count). The van der Waals surface area contributed by atoms with Gasteiger partial charge in [0.1, 0.15) is 6.04 Å². The molecule has 2 aromatic carbocycles. The summed E-state index contributed by atoms with van der Waals surface area (Å²) < 4.78 is 15.9. The molecule has 32 heavy (non-hydrogen) atoms. The second kappa shape index (κ2) is 9.72. The first kappa shape index (κ1) is 23.1. The summed E-state index contributed by atoms with van der Waals surface area (Å²) in [6, 6.07) is 9.29. The average molecular weight is 440 g/mol. The number of nitrogens with zero attached hydrogens (tertiary/aromatic N) is 1. The molecule has 2 aromatic rings. The largest absolute Gasteiger partial charge is 0.493 e. The molecule has 1 N–H and O–H groups in total. The molecule has 0 aliphatic carbocycles. The molecular formula is C24H28N2O6. The summed E-state index contributed by atoms with van der Waals surface area (Å²) in [7, 11) is 4.32. The minimum absolute atomic E-state index is 0.0792. The highest BCUT2D eigenvalue weighted by atomic mass is 16.5. The van der Waals surface area contributed by atoms with Crippen molar-refractivity contribution >= 4 is 23.3 Å². The highest BCUT2D eigenvalue weighted by Crippen LogP contribution is 2.39. The number of Topliss-reactive ketones (excluding diaryl/α,β-unsaturated/α-hetero) is 1. The zero-order valence-corrected chi connectivity index (χ0v) is 18.9. The first-order valence-corrected chi connectivity index (χ1v) is 10.4. The van der Waals surface area contributed by atoms with Gasteiger partial charge in [-0.25, -0.2) is 0 Å². The van der Waals surface area contributed by atoms with E-state index >= 15 is 0 Å². The van der Waals surface area contributed by atoms with E-state index in [1.54, 1.807) is 12.1 Å². The Hall–Kier alpha value is -3.55. The number of nitrogens with one attached hydrogen (secondary N) is 1. The van der Waals surface area contributed by atoms with E-state index < -0.39 is 17.7 Å². The van der Waals surface area contributed by atoms with Crippen molar-refractivity contribution in [2.75, 3.05) is 26.2 Å². The van der Waals surface area contributed by atoms with Gasteiger partial charge in [0, 0.05) is 17.3 Å². The van der Waals surface area contributed by atoms with E-state index in [-0.39, 0.29) is 29.0 Å². The molecule has 1 heterocycles. The number of methoxy groups -OCH3 is 3. The van der Waals surface area contributed by atoms with Crippen LogP contribution in [0.15, 0.2) is 36.4 Å². The third-order valence-corrected chi connectivity index (χ3v) is 5.32. The second-order valence-electron chi connectivity index (χ2n) is 7.76. The second-order valence-corrected chi connectivity index (χ2v) is 7.76. The van der Waals surface area contributed by atoms with Crippen LogP contribution in [0.3, 0.4) is 0 Å². The maximum Gasteiger partial charge on any atom is 0.300 e. The lowest BCUT2D eigenvalue weighted by Crippen LogP contribution is -2.55. The number of hydrogen-bond donors (Lipinski definition) is 1. The monoisotopic (exact) mass is 440 g/mol. The molecule has 0 bridgehead atoms. The van der Waals surface area contributed by atoms with Crippen LogP contribution in [0.2, 0.25) is 0 Å². The van der Waals surface area contributed by atoms with Crippen molar-refractivity contribution in [1.82, 2.24) is 5.32 Å². The summed E-state index contributed by atoms with van der Waals surface area (Å²) in [5, 5.41) is 2.86. The number of amides is 2. The smallest absolute Gasteiger partial charge is 0.300 e. The Balaban J connectivity index is 2.04. The Bertz CT molecular complexity index is 1010. The van der Waals surface area contributed by atoms with Gasteiger partial charge in [0.25, 0.3) is 11.7 Å². The third kappa shape index (κ3) is 4.39. The van der Waals surface area contributed by atoms with Gasteiger partial charge in [-0.05, 0) is 50.5 Å². The molecule has 0 fully saturated rings. The molecule has 170 valence electrons. The molecule has 0 radical (unpaired) electrons. The van der Waals surface area contributed by atoms with E-state index in [0.29, 0.717) is 24.3 Å². The van der Waals surface area contributed by atoms with Gasteiger partial charge in [0.05, 0.1) is 21.3 Å². The highest BCUT2D eigenvalue weighted by molar-refractivity contribution is 6.48. The Labute approximate surface area is 187 Å². The van der Waals surface area contributed by atoms with Crippen LogP contribution in [0.1, 0.15) is 36.2 Å². The predicted molar refractivity (Wildman–Crippen MR) is 120 cm³/mol. The van der Waals surface area contributed by atoms with E-state index in [9.17, 15) is 14.4 Å². The first-order chi connectivity index (χ1) is 15.3. The fraction of sp³-hybridized carbons (Fsp3) is 0.375. The van der Waals surface area contributed by atoms with E-state index in [1.165, 1.54) is 38.4 Å². The molecule has 8 heteroatoms. The Morgan fingerprint density at radius 3 is 2.19 bits per heavy atom. The summed E-state index contributed by atoms with van der Waals surface area (Å²) in [6.07, 6.45) is 1.05. The third-order valence-electron chi connectivity index (χ3n) is 5.32. The quantitative estimate of drug-likeness (QED) is 0.526. The molecule has 0 spiro atoms. The van der Waals surface area contributed by atoms with Crippen molar-refractivity contribution in [2.24, 2.45) is 0 Å². The van der Waals surface area contributed by atoms with Gasteiger partial charge in [-0.15, -0.1) is 0 Å². The van der Waals surface area contributed by atoms with Crippen LogP contribution >= 0.6 is 0 Å². The maximum absolute atomic E-state index is 13.5. The summed E-state index contributed by atoms with van der Waals surface area (Å²) in [6.45, 7) is 3.70. The standard InChI is InChI=1S/C24H28N2O6/c1-14(2)25-23(28)18-11-10-15-8-6-7-9-17(15)26(18)24(29)21(27)16-12-19(30-3)22(32-5)20(13-16)31-4/h6-9,12-14,18H,10-11H2,1-5H3,(H,25,28). The van der Waals surface area contributed by atoms with Crippen molar-refractivity contribution in [3.8, 4) is 17.2 Å². The number of fused-ring (bicyclic) bond motifs is 1. The SMILES string of the molecule is COc1cc(C(=O)C(=O)N2c3ccccc3CCC2C(=O)NC(C)C)cc(OC)c1OC. The van der Waals surface area contributed by atoms with Crippen LogP contribution in [0.5, 0.6) is 17.2 Å². The van der Waals surface area contributed by atoms with Crippen LogP contribution < -0.4 is 24.4 Å². The van der Waals surface area contributed by atoms with Gasteiger partial charge in [0.2, 0.25) is 11.7 Å². The summed E-state index contributed by atoms with van der Waals surface area (Å²) in [5.74, 6) is -1.03. The van der Waals surface area contributed by atoms with Gasteiger partial charge in [-0.1, -0.05) is 18.2 Å². The van der Waals surface area contributed by atoms with Crippen LogP contribution in [0.25, 0.3) is 0 Å². The summed E-state index contributed by atoms with van der Waals surface area (Å²) >= 11 is 0. The molecule has 8 nitrogen and oxygen atoms in total. The Kier molecular flexibility index (Phi) is 7.02.